The monoisotopic (exact) mass is 241 g/mol. The van der Waals surface area contributed by atoms with Crippen molar-refractivity contribution < 1.29 is 4.79 Å². The number of likely N-dealkylation sites (tertiary alicyclic amines) is 1. The molecule has 0 spiro atoms. The van der Waals surface area contributed by atoms with Crippen LogP contribution in [-0.4, -0.2) is 50.1 Å². The van der Waals surface area contributed by atoms with Gasteiger partial charge in [-0.2, -0.15) is 0 Å². The van der Waals surface area contributed by atoms with Crippen molar-refractivity contribution in [3.8, 4) is 0 Å². The zero-order chi connectivity index (χ0) is 12.7. The van der Waals surface area contributed by atoms with E-state index in [0.717, 1.165) is 12.5 Å². The van der Waals surface area contributed by atoms with Crippen molar-refractivity contribution in [1.29, 1.82) is 0 Å². The lowest BCUT2D eigenvalue weighted by molar-refractivity contribution is -0.122. The number of carbonyl (C=O) groups excluding carboxylic acids is 1. The highest BCUT2D eigenvalue weighted by molar-refractivity contribution is 5.81. The SMILES string of the molecule is CCNC(=O)C(C)NCCC1CCN(C)CC1. The van der Waals surface area contributed by atoms with Gasteiger partial charge in [0.1, 0.15) is 0 Å². The molecule has 1 rings (SSSR count). The predicted molar refractivity (Wildman–Crippen MR) is 71.0 cm³/mol. The number of piperidine rings is 1. The zero-order valence-electron chi connectivity index (χ0n) is 11.5. The topological polar surface area (TPSA) is 44.4 Å². The molecule has 1 saturated heterocycles. The summed E-state index contributed by atoms with van der Waals surface area (Å²) >= 11 is 0. The number of hydrogen-bond donors (Lipinski definition) is 2. The van der Waals surface area contributed by atoms with Gasteiger partial charge >= 0.3 is 0 Å². The predicted octanol–water partition coefficient (Wildman–Crippen LogP) is 0.833. The Morgan fingerprint density at radius 3 is 2.65 bits per heavy atom. The summed E-state index contributed by atoms with van der Waals surface area (Å²) < 4.78 is 0. The second kappa shape index (κ2) is 7.67. The molecule has 0 saturated carbocycles. The van der Waals surface area contributed by atoms with Crippen molar-refractivity contribution in [3.63, 3.8) is 0 Å². The molecule has 0 radical (unpaired) electrons. The summed E-state index contributed by atoms with van der Waals surface area (Å²) in [5, 5.41) is 6.13. The maximum absolute atomic E-state index is 11.5. The molecule has 1 aliphatic heterocycles. The maximum atomic E-state index is 11.5. The Labute approximate surface area is 105 Å². The van der Waals surface area contributed by atoms with E-state index in [-0.39, 0.29) is 11.9 Å². The molecule has 0 bridgehead atoms. The molecule has 1 heterocycles. The number of amides is 1. The molecule has 4 nitrogen and oxygen atoms in total. The molecule has 1 fully saturated rings. The average molecular weight is 241 g/mol. The first-order valence-corrected chi connectivity index (χ1v) is 6.83. The van der Waals surface area contributed by atoms with Gasteiger partial charge in [0, 0.05) is 6.54 Å². The molecule has 2 N–H and O–H groups in total. The van der Waals surface area contributed by atoms with Crippen LogP contribution in [0, 0.1) is 5.92 Å². The third-order valence-electron chi connectivity index (χ3n) is 3.59. The van der Waals surface area contributed by atoms with Gasteiger partial charge in [-0.3, -0.25) is 4.79 Å². The number of nitrogens with zero attached hydrogens (tertiary/aromatic N) is 1. The minimum absolute atomic E-state index is 0.0683. The fourth-order valence-electron chi connectivity index (χ4n) is 2.27. The van der Waals surface area contributed by atoms with Crippen LogP contribution in [0.25, 0.3) is 0 Å². The van der Waals surface area contributed by atoms with Crippen LogP contribution in [0.15, 0.2) is 0 Å². The number of rotatable bonds is 6. The summed E-state index contributed by atoms with van der Waals surface area (Å²) in [6.07, 6.45) is 3.79. The fraction of sp³-hybridized carbons (Fsp3) is 0.923. The molecule has 0 aromatic carbocycles. The third kappa shape index (κ3) is 5.50. The van der Waals surface area contributed by atoms with E-state index in [1.54, 1.807) is 0 Å². The van der Waals surface area contributed by atoms with Crippen LogP contribution in [0.4, 0.5) is 0 Å². The second-order valence-electron chi connectivity index (χ2n) is 5.11. The van der Waals surface area contributed by atoms with E-state index in [1.165, 1.54) is 32.4 Å². The van der Waals surface area contributed by atoms with Crippen LogP contribution in [0.3, 0.4) is 0 Å². The van der Waals surface area contributed by atoms with Crippen molar-refractivity contribution in [2.24, 2.45) is 5.92 Å². The van der Waals surface area contributed by atoms with Gasteiger partial charge in [-0.05, 0) is 65.7 Å². The number of hydrogen-bond acceptors (Lipinski definition) is 3. The highest BCUT2D eigenvalue weighted by atomic mass is 16.2. The molecule has 1 atom stereocenters. The first-order valence-electron chi connectivity index (χ1n) is 6.83. The third-order valence-corrected chi connectivity index (χ3v) is 3.59. The second-order valence-corrected chi connectivity index (χ2v) is 5.11. The van der Waals surface area contributed by atoms with Crippen LogP contribution in [0.1, 0.15) is 33.1 Å². The van der Waals surface area contributed by atoms with Gasteiger partial charge < -0.3 is 15.5 Å². The Kier molecular flexibility index (Phi) is 6.52. The van der Waals surface area contributed by atoms with E-state index in [0.29, 0.717) is 6.54 Å². The van der Waals surface area contributed by atoms with Crippen molar-refractivity contribution in [3.05, 3.63) is 0 Å². The Morgan fingerprint density at radius 2 is 2.06 bits per heavy atom. The van der Waals surface area contributed by atoms with Gasteiger partial charge in [-0.1, -0.05) is 0 Å². The Hall–Kier alpha value is -0.610. The number of nitrogens with one attached hydrogen (secondary N) is 2. The molecule has 4 heteroatoms. The minimum Gasteiger partial charge on any atom is -0.355 e. The van der Waals surface area contributed by atoms with Gasteiger partial charge in [-0.25, -0.2) is 0 Å². The van der Waals surface area contributed by atoms with Crippen LogP contribution < -0.4 is 10.6 Å². The molecule has 17 heavy (non-hydrogen) atoms. The Morgan fingerprint density at radius 1 is 1.41 bits per heavy atom. The molecule has 1 aliphatic rings. The molecular weight excluding hydrogens is 214 g/mol. The highest BCUT2D eigenvalue weighted by Crippen LogP contribution is 2.18. The lowest BCUT2D eigenvalue weighted by atomic mass is 9.94. The van der Waals surface area contributed by atoms with Crippen LogP contribution >= 0.6 is 0 Å². The maximum Gasteiger partial charge on any atom is 0.236 e. The molecular formula is C13H27N3O. The number of likely N-dealkylation sites (N-methyl/N-ethyl adjacent to an activating group) is 1. The Bertz CT molecular complexity index is 225. The van der Waals surface area contributed by atoms with E-state index >= 15 is 0 Å². The zero-order valence-corrected chi connectivity index (χ0v) is 11.5. The van der Waals surface area contributed by atoms with Gasteiger partial charge in [0.25, 0.3) is 0 Å². The van der Waals surface area contributed by atoms with E-state index in [9.17, 15) is 4.79 Å². The molecule has 0 aromatic heterocycles. The van der Waals surface area contributed by atoms with Crippen molar-refractivity contribution in [2.45, 2.75) is 39.2 Å². The van der Waals surface area contributed by atoms with Gasteiger partial charge in [0.2, 0.25) is 5.91 Å². The summed E-state index contributed by atoms with van der Waals surface area (Å²) in [5.74, 6) is 0.941. The summed E-state index contributed by atoms with van der Waals surface area (Å²) in [6, 6.07) is -0.0683. The molecule has 100 valence electrons. The largest absolute Gasteiger partial charge is 0.355 e. The molecule has 0 aliphatic carbocycles. The van der Waals surface area contributed by atoms with Crippen molar-refractivity contribution in [2.75, 3.05) is 33.2 Å². The first kappa shape index (κ1) is 14.5. The summed E-state index contributed by atoms with van der Waals surface area (Å²) in [6.45, 7) is 7.97. The molecule has 1 amide bonds. The first-order chi connectivity index (χ1) is 8.13. The van der Waals surface area contributed by atoms with E-state index in [4.69, 9.17) is 0 Å². The van der Waals surface area contributed by atoms with E-state index in [1.807, 2.05) is 13.8 Å². The van der Waals surface area contributed by atoms with E-state index in [2.05, 4.69) is 22.6 Å². The van der Waals surface area contributed by atoms with Crippen LogP contribution in [0.2, 0.25) is 0 Å². The lowest BCUT2D eigenvalue weighted by Crippen LogP contribution is -2.43. The summed E-state index contributed by atoms with van der Waals surface area (Å²) in [7, 11) is 2.19. The minimum atomic E-state index is -0.0683. The smallest absolute Gasteiger partial charge is 0.236 e. The normalized spacial score (nSPS) is 20.2. The van der Waals surface area contributed by atoms with Gasteiger partial charge in [0.15, 0.2) is 0 Å². The van der Waals surface area contributed by atoms with Gasteiger partial charge in [0.05, 0.1) is 6.04 Å². The molecule has 1 unspecified atom stereocenters. The average Bonchev–Trinajstić information content (AvgIpc) is 2.32. The van der Waals surface area contributed by atoms with Crippen molar-refractivity contribution >= 4 is 5.91 Å². The Balaban J connectivity index is 2.09. The molecule has 0 aromatic rings. The standard InChI is InChI=1S/C13H27N3O/c1-4-14-13(17)11(2)15-8-5-12-6-9-16(3)10-7-12/h11-12,15H,4-10H2,1-3H3,(H,14,17). The van der Waals surface area contributed by atoms with Crippen LogP contribution in [0.5, 0.6) is 0 Å². The van der Waals surface area contributed by atoms with Crippen molar-refractivity contribution in [1.82, 2.24) is 15.5 Å². The number of carbonyl (C=O) groups is 1. The summed E-state index contributed by atoms with van der Waals surface area (Å²) in [5.41, 5.74) is 0. The van der Waals surface area contributed by atoms with Crippen LogP contribution in [-0.2, 0) is 4.79 Å². The highest BCUT2D eigenvalue weighted by Gasteiger charge is 2.17. The van der Waals surface area contributed by atoms with Gasteiger partial charge in [-0.15, -0.1) is 0 Å². The quantitative estimate of drug-likeness (QED) is 0.724. The lowest BCUT2D eigenvalue weighted by Gasteiger charge is -2.29. The van der Waals surface area contributed by atoms with E-state index < -0.39 is 0 Å². The fourth-order valence-corrected chi connectivity index (χ4v) is 2.27. The summed E-state index contributed by atoms with van der Waals surface area (Å²) in [4.78, 5) is 13.9.